The first-order valence-electron chi connectivity index (χ1n) is 5.19. The molecule has 0 spiro atoms. The highest BCUT2D eigenvalue weighted by molar-refractivity contribution is 5.57. The molecule has 0 saturated carbocycles. The quantitative estimate of drug-likeness (QED) is 0.521. The van der Waals surface area contributed by atoms with Gasteiger partial charge in [0.05, 0.1) is 0 Å². The largest absolute Gasteiger partial charge is 0.398 e. The Kier molecular flexibility index (Phi) is 2.93. The second kappa shape index (κ2) is 4.55. The molecule has 0 amide bonds. The molecule has 2 aromatic carbocycles. The Labute approximate surface area is 95.9 Å². The molecule has 0 fully saturated rings. The zero-order chi connectivity index (χ0) is 11.4. The molecule has 0 aromatic heterocycles. The summed E-state index contributed by atoms with van der Waals surface area (Å²) in [6.45, 7) is 2.06. The standard InChI is InChI=1S/C15H13N/c1-12-6-8-13(9-7-12)10-11-14-4-2-3-5-15(14)16/h2-9H,16H2,1H3. The van der Waals surface area contributed by atoms with Crippen molar-refractivity contribution in [3.63, 3.8) is 0 Å². The lowest BCUT2D eigenvalue weighted by Gasteiger charge is -1.95. The molecule has 1 nitrogen and oxygen atoms in total. The van der Waals surface area contributed by atoms with E-state index >= 15 is 0 Å². The number of hydrogen-bond donors (Lipinski definition) is 1. The summed E-state index contributed by atoms with van der Waals surface area (Å²) in [6.07, 6.45) is 0. The summed E-state index contributed by atoms with van der Waals surface area (Å²) in [5.41, 5.74) is 9.66. The van der Waals surface area contributed by atoms with E-state index in [4.69, 9.17) is 5.73 Å². The normalized spacial score (nSPS) is 9.31. The lowest BCUT2D eigenvalue weighted by Crippen LogP contribution is -1.88. The molecular formula is C15H13N. The maximum absolute atomic E-state index is 5.81. The van der Waals surface area contributed by atoms with E-state index < -0.39 is 0 Å². The molecule has 2 rings (SSSR count). The van der Waals surface area contributed by atoms with Gasteiger partial charge in [-0.05, 0) is 31.2 Å². The van der Waals surface area contributed by atoms with E-state index in [2.05, 4.69) is 30.9 Å². The van der Waals surface area contributed by atoms with Crippen LogP contribution in [0.4, 0.5) is 5.69 Å². The van der Waals surface area contributed by atoms with Gasteiger partial charge in [-0.3, -0.25) is 0 Å². The van der Waals surface area contributed by atoms with Crippen molar-refractivity contribution in [3.05, 3.63) is 65.2 Å². The Morgan fingerprint density at radius 3 is 2.25 bits per heavy atom. The molecule has 0 aliphatic heterocycles. The van der Waals surface area contributed by atoms with Crippen molar-refractivity contribution in [2.45, 2.75) is 6.92 Å². The molecule has 0 aliphatic carbocycles. The highest BCUT2D eigenvalue weighted by Gasteiger charge is 1.91. The summed E-state index contributed by atoms with van der Waals surface area (Å²) in [5, 5.41) is 0. The van der Waals surface area contributed by atoms with Crippen LogP contribution in [0.2, 0.25) is 0 Å². The minimum atomic E-state index is 0.724. The highest BCUT2D eigenvalue weighted by atomic mass is 14.5. The van der Waals surface area contributed by atoms with Gasteiger partial charge in [0.15, 0.2) is 0 Å². The van der Waals surface area contributed by atoms with Gasteiger partial charge in [-0.25, -0.2) is 0 Å². The first kappa shape index (κ1) is 10.3. The molecule has 0 atom stereocenters. The van der Waals surface area contributed by atoms with Crippen LogP contribution in [0.15, 0.2) is 48.5 Å². The third kappa shape index (κ3) is 2.43. The van der Waals surface area contributed by atoms with Crippen LogP contribution in [0, 0.1) is 18.8 Å². The maximum atomic E-state index is 5.81. The van der Waals surface area contributed by atoms with Crippen LogP contribution >= 0.6 is 0 Å². The molecule has 0 unspecified atom stereocenters. The van der Waals surface area contributed by atoms with E-state index in [0.717, 1.165) is 16.8 Å². The lowest BCUT2D eigenvalue weighted by molar-refractivity contribution is 1.46. The van der Waals surface area contributed by atoms with Crippen molar-refractivity contribution < 1.29 is 0 Å². The van der Waals surface area contributed by atoms with Crippen molar-refractivity contribution in [2.24, 2.45) is 0 Å². The molecule has 1 heteroatoms. The second-order valence-electron chi connectivity index (χ2n) is 3.70. The molecule has 2 N–H and O–H groups in total. The number of hydrogen-bond acceptors (Lipinski definition) is 1. The van der Waals surface area contributed by atoms with Crippen molar-refractivity contribution in [3.8, 4) is 11.8 Å². The van der Waals surface area contributed by atoms with Crippen LogP contribution in [-0.4, -0.2) is 0 Å². The summed E-state index contributed by atoms with van der Waals surface area (Å²) >= 11 is 0. The van der Waals surface area contributed by atoms with Gasteiger partial charge in [-0.1, -0.05) is 41.7 Å². The highest BCUT2D eigenvalue weighted by Crippen LogP contribution is 2.09. The zero-order valence-corrected chi connectivity index (χ0v) is 9.20. The molecule has 0 aliphatic rings. The predicted molar refractivity (Wildman–Crippen MR) is 68.0 cm³/mol. The molecule has 78 valence electrons. The summed E-state index contributed by atoms with van der Waals surface area (Å²) < 4.78 is 0. The number of anilines is 1. The van der Waals surface area contributed by atoms with E-state index in [1.54, 1.807) is 0 Å². The summed E-state index contributed by atoms with van der Waals surface area (Å²) in [7, 11) is 0. The number of rotatable bonds is 0. The zero-order valence-electron chi connectivity index (χ0n) is 9.20. The Morgan fingerprint density at radius 2 is 1.56 bits per heavy atom. The van der Waals surface area contributed by atoms with E-state index in [1.807, 2.05) is 36.4 Å². The van der Waals surface area contributed by atoms with Crippen LogP contribution in [0.3, 0.4) is 0 Å². The molecule has 16 heavy (non-hydrogen) atoms. The first-order chi connectivity index (χ1) is 7.75. The van der Waals surface area contributed by atoms with Crippen molar-refractivity contribution in [1.29, 1.82) is 0 Å². The van der Waals surface area contributed by atoms with Crippen molar-refractivity contribution in [2.75, 3.05) is 5.73 Å². The molecule has 2 aromatic rings. The summed E-state index contributed by atoms with van der Waals surface area (Å²) in [6, 6.07) is 15.8. The van der Waals surface area contributed by atoms with E-state index in [-0.39, 0.29) is 0 Å². The average Bonchev–Trinajstić information content (AvgIpc) is 2.30. The fourth-order valence-electron chi connectivity index (χ4n) is 1.39. The van der Waals surface area contributed by atoms with Gasteiger partial charge in [0.2, 0.25) is 0 Å². The number of para-hydroxylation sites is 1. The number of aryl methyl sites for hydroxylation is 1. The Hall–Kier alpha value is -2.20. The summed E-state index contributed by atoms with van der Waals surface area (Å²) in [4.78, 5) is 0. The van der Waals surface area contributed by atoms with Crippen LogP contribution in [0.1, 0.15) is 16.7 Å². The van der Waals surface area contributed by atoms with Gasteiger partial charge in [0.25, 0.3) is 0 Å². The third-order valence-electron chi connectivity index (χ3n) is 2.35. The third-order valence-corrected chi connectivity index (χ3v) is 2.35. The lowest BCUT2D eigenvalue weighted by atomic mass is 10.1. The van der Waals surface area contributed by atoms with E-state index in [0.29, 0.717) is 0 Å². The fourth-order valence-corrected chi connectivity index (χ4v) is 1.39. The van der Waals surface area contributed by atoms with E-state index in [9.17, 15) is 0 Å². The smallest absolute Gasteiger partial charge is 0.0478 e. The van der Waals surface area contributed by atoms with Gasteiger partial charge in [0.1, 0.15) is 0 Å². The minimum Gasteiger partial charge on any atom is -0.398 e. The Bertz CT molecular complexity index is 542. The van der Waals surface area contributed by atoms with Crippen molar-refractivity contribution in [1.82, 2.24) is 0 Å². The van der Waals surface area contributed by atoms with Gasteiger partial charge < -0.3 is 5.73 Å². The molecule has 0 saturated heterocycles. The number of nitrogens with two attached hydrogens (primary N) is 1. The van der Waals surface area contributed by atoms with Gasteiger partial charge >= 0.3 is 0 Å². The molecular weight excluding hydrogens is 194 g/mol. The Balaban J connectivity index is 2.29. The molecule has 0 heterocycles. The Morgan fingerprint density at radius 1 is 0.875 bits per heavy atom. The minimum absolute atomic E-state index is 0.724. The fraction of sp³-hybridized carbons (Fsp3) is 0.0667. The topological polar surface area (TPSA) is 26.0 Å². The second-order valence-corrected chi connectivity index (χ2v) is 3.70. The number of nitrogen functional groups attached to an aromatic ring is 1. The SMILES string of the molecule is Cc1ccc(C#Cc2ccccc2N)cc1. The van der Waals surface area contributed by atoms with Gasteiger partial charge in [0, 0.05) is 16.8 Å². The average molecular weight is 207 g/mol. The van der Waals surface area contributed by atoms with Gasteiger partial charge in [-0.15, -0.1) is 0 Å². The number of benzene rings is 2. The van der Waals surface area contributed by atoms with Crippen LogP contribution < -0.4 is 5.73 Å². The monoisotopic (exact) mass is 207 g/mol. The van der Waals surface area contributed by atoms with Crippen LogP contribution in [0.5, 0.6) is 0 Å². The van der Waals surface area contributed by atoms with Crippen LogP contribution in [-0.2, 0) is 0 Å². The predicted octanol–water partition coefficient (Wildman–Crippen LogP) is 2.98. The first-order valence-corrected chi connectivity index (χ1v) is 5.19. The molecule has 0 radical (unpaired) electrons. The van der Waals surface area contributed by atoms with E-state index in [1.165, 1.54) is 5.56 Å². The summed E-state index contributed by atoms with van der Waals surface area (Å²) in [5.74, 6) is 6.17. The molecule has 0 bridgehead atoms. The van der Waals surface area contributed by atoms with Crippen LogP contribution in [0.25, 0.3) is 0 Å². The maximum Gasteiger partial charge on any atom is 0.0478 e. The van der Waals surface area contributed by atoms with Crippen molar-refractivity contribution >= 4 is 5.69 Å². The van der Waals surface area contributed by atoms with Gasteiger partial charge in [-0.2, -0.15) is 0 Å².